The summed E-state index contributed by atoms with van der Waals surface area (Å²) in [6, 6.07) is 12.6. The Balaban J connectivity index is 2.00. The molecule has 2 nitrogen and oxygen atoms in total. The van der Waals surface area contributed by atoms with Crippen LogP contribution in [0, 0.1) is 0 Å². The van der Waals surface area contributed by atoms with Gasteiger partial charge in [-0.2, -0.15) is 0 Å². The summed E-state index contributed by atoms with van der Waals surface area (Å²) in [6.07, 6.45) is 5.57. The molecule has 0 aliphatic carbocycles. The Hall–Kier alpha value is -1.87. The largest absolute Gasteiger partial charge is 0.298 e. The Kier molecular flexibility index (Phi) is 2.31. The van der Waals surface area contributed by atoms with Gasteiger partial charge in [-0.3, -0.25) is 4.57 Å². The lowest BCUT2D eigenvalue weighted by Gasteiger charge is -1.96. The smallest absolute Gasteiger partial charge is 0.101 e. The highest BCUT2D eigenvalue weighted by Gasteiger charge is 2.02. The van der Waals surface area contributed by atoms with Crippen LogP contribution in [-0.2, 0) is 0 Å². The van der Waals surface area contributed by atoms with Gasteiger partial charge in [-0.15, -0.1) is 11.3 Å². The number of benzene rings is 1. The van der Waals surface area contributed by atoms with Crippen molar-refractivity contribution in [2.24, 2.45) is 0 Å². The Morgan fingerprint density at radius 1 is 1.06 bits per heavy atom. The highest BCUT2D eigenvalue weighted by molar-refractivity contribution is 7.13. The molecule has 3 heteroatoms. The van der Waals surface area contributed by atoms with Gasteiger partial charge in [0.25, 0.3) is 0 Å². The average Bonchev–Trinajstić information content (AvgIpc) is 3.01. The number of nitrogens with zero attached hydrogens (tertiary/aromatic N) is 2. The van der Waals surface area contributed by atoms with Crippen molar-refractivity contribution in [1.82, 2.24) is 9.55 Å². The second kappa shape index (κ2) is 3.94. The molecule has 16 heavy (non-hydrogen) atoms. The molecule has 3 rings (SSSR count). The van der Waals surface area contributed by atoms with Crippen LogP contribution >= 0.6 is 11.3 Å². The topological polar surface area (TPSA) is 17.8 Å². The van der Waals surface area contributed by atoms with E-state index in [1.165, 1.54) is 16.1 Å². The van der Waals surface area contributed by atoms with E-state index in [4.69, 9.17) is 0 Å². The van der Waals surface area contributed by atoms with E-state index in [0.29, 0.717) is 0 Å². The molecule has 0 bridgehead atoms. The Morgan fingerprint density at radius 3 is 2.69 bits per heavy atom. The van der Waals surface area contributed by atoms with E-state index in [0.717, 1.165) is 0 Å². The summed E-state index contributed by atoms with van der Waals surface area (Å²) in [4.78, 5) is 4.05. The van der Waals surface area contributed by atoms with Gasteiger partial charge in [0.1, 0.15) is 5.00 Å². The van der Waals surface area contributed by atoms with E-state index >= 15 is 0 Å². The molecule has 0 unspecified atom stereocenters. The Morgan fingerprint density at radius 2 is 1.94 bits per heavy atom. The van der Waals surface area contributed by atoms with Crippen LogP contribution in [0.25, 0.3) is 16.1 Å². The quantitative estimate of drug-likeness (QED) is 0.652. The van der Waals surface area contributed by atoms with Crippen molar-refractivity contribution in [3.05, 3.63) is 60.5 Å². The standard InChI is InChI=1S/C13H10N2S/c1-2-4-11(5-3-1)12-8-13(16-9-12)15-7-6-14-10-15/h1-10H. The molecular weight excluding hydrogens is 216 g/mol. The maximum absolute atomic E-state index is 4.05. The third-order valence-electron chi connectivity index (χ3n) is 2.45. The van der Waals surface area contributed by atoms with E-state index in [1.807, 2.05) is 23.2 Å². The summed E-state index contributed by atoms with van der Waals surface area (Å²) in [5, 5.41) is 3.36. The minimum absolute atomic E-state index is 1.19. The van der Waals surface area contributed by atoms with Crippen LogP contribution in [0.3, 0.4) is 0 Å². The Bertz CT molecular complexity index is 567. The van der Waals surface area contributed by atoms with Crippen LogP contribution in [0.15, 0.2) is 60.5 Å². The second-order valence-corrected chi connectivity index (χ2v) is 4.40. The molecule has 0 saturated carbocycles. The zero-order valence-electron chi connectivity index (χ0n) is 8.58. The van der Waals surface area contributed by atoms with Gasteiger partial charge in [0.15, 0.2) is 0 Å². The summed E-state index contributed by atoms with van der Waals surface area (Å²) >= 11 is 1.73. The number of rotatable bonds is 2. The normalized spacial score (nSPS) is 10.5. The molecule has 0 radical (unpaired) electrons. The van der Waals surface area contributed by atoms with Gasteiger partial charge in [-0.25, -0.2) is 4.98 Å². The minimum Gasteiger partial charge on any atom is -0.298 e. The lowest BCUT2D eigenvalue weighted by atomic mass is 10.1. The SMILES string of the molecule is c1ccc(-c2csc(-n3ccnc3)c2)cc1. The predicted molar refractivity (Wildman–Crippen MR) is 66.9 cm³/mol. The molecule has 0 atom stereocenters. The summed E-state index contributed by atoms with van der Waals surface area (Å²) in [5.74, 6) is 0. The average molecular weight is 226 g/mol. The van der Waals surface area contributed by atoms with Crippen molar-refractivity contribution < 1.29 is 0 Å². The third-order valence-corrected chi connectivity index (χ3v) is 3.39. The van der Waals surface area contributed by atoms with Crippen LogP contribution in [0.2, 0.25) is 0 Å². The monoisotopic (exact) mass is 226 g/mol. The molecule has 0 aliphatic heterocycles. The molecule has 0 aliphatic rings. The molecular formula is C13H10N2S. The zero-order valence-corrected chi connectivity index (χ0v) is 9.39. The molecule has 1 aromatic carbocycles. The highest BCUT2D eigenvalue weighted by atomic mass is 32.1. The fraction of sp³-hybridized carbons (Fsp3) is 0. The van der Waals surface area contributed by atoms with Gasteiger partial charge in [0.05, 0.1) is 6.33 Å². The molecule has 3 aromatic rings. The summed E-state index contributed by atoms with van der Waals surface area (Å²) in [6.45, 7) is 0. The molecule has 0 spiro atoms. The number of thiophene rings is 1. The van der Waals surface area contributed by atoms with Crippen LogP contribution in [-0.4, -0.2) is 9.55 Å². The Labute approximate surface area is 97.8 Å². The molecule has 0 fully saturated rings. The van der Waals surface area contributed by atoms with Gasteiger partial charge >= 0.3 is 0 Å². The summed E-state index contributed by atoms with van der Waals surface area (Å²) in [7, 11) is 0. The van der Waals surface area contributed by atoms with Crippen molar-refractivity contribution in [1.29, 1.82) is 0 Å². The molecule has 2 aromatic heterocycles. The first kappa shape index (κ1) is 9.36. The first-order valence-electron chi connectivity index (χ1n) is 5.06. The lowest BCUT2D eigenvalue weighted by molar-refractivity contribution is 1.09. The van der Waals surface area contributed by atoms with E-state index in [2.05, 4.69) is 40.7 Å². The van der Waals surface area contributed by atoms with E-state index in [1.54, 1.807) is 17.5 Å². The molecule has 78 valence electrons. The van der Waals surface area contributed by atoms with Crippen LogP contribution in [0.4, 0.5) is 0 Å². The summed E-state index contributed by atoms with van der Waals surface area (Å²) in [5.41, 5.74) is 2.51. The molecule has 0 N–H and O–H groups in total. The molecule has 0 amide bonds. The van der Waals surface area contributed by atoms with Crippen molar-refractivity contribution in [3.63, 3.8) is 0 Å². The maximum atomic E-state index is 4.05. The number of hydrogen-bond donors (Lipinski definition) is 0. The van der Waals surface area contributed by atoms with Crippen molar-refractivity contribution in [3.8, 4) is 16.1 Å². The van der Waals surface area contributed by atoms with Crippen molar-refractivity contribution >= 4 is 11.3 Å². The number of imidazole rings is 1. The van der Waals surface area contributed by atoms with E-state index in [9.17, 15) is 0 Å². The van der Waals surface area contributed by atoms with Gasteiger partial charge in [-0.1, -0.05) is 30.3 Å². The highest BCUT2D eigenvalue weighted by Crippen LogP contribution is 2.27. The van der Waals surface area contributed by atoms with Crippen molar-refractivity contribution in [2.75, 3.05) is 0 Å². The second-order valence-electron chi connectivity index (χ2n) is 3.51. The number of hydrogen-bond acceptors (Lipinski definition) is 2. The zero-order chi connectivity index (χ0) is 10.8. The minimum atomic E-state index is 1.19. The molecule has 2 heterocycles. The van der Waals surface area contributed by atoms with E-state index < -0.39 is 0 Å². The number of aromatic nitrogens is 2. The van der Waals surface area contributed by atoms with Crippen molar-refractivity contribution in [2.45, 2.75) is 0 Å². The van der Waals surface area contributed by atoms with Gasteiger partial charge in [0.2, 0.25) is 0 Å². The van der Waals surface area contributed by atoms with Crippen LogP contribution in [0.5, 0.6) is 0 Å². The maximum Gasteiger partial charge on any atom is 0.101 e. The first-order valence-corrected chi connectivity index (χ1v) is 5.94. The van der Waals surface area contributed by atoms with Gasteiger partial charge in [0, 0.05) is 17.8 Å². The van der Waals surface area contributed by atoms with Crippen LogP contribution in [0.1, 0.15) is 0 Å². The van der Waals surface area contributed by atoms with Crippen LogP contribution < -0.4 is 0 Å². The van der Waals surface area contributed by atoms with Gasteiger partial charge in [-0.05, 0) is 17.2 Å². The summed E-state index contributed by atoms with van der Waals surface area (Å²) < 4.78 is 2.02. The third kappa shape index (κ3) is 1.66. The first-order chi connectivity index (χ1) is 7.93. The predicted octanol–water partition coefficient (Wildman–Crippen LogP) is 3.60. The fourth-order valence-corrected chi connectivity index (χ4v) is 2.51. The lowest BCUT2D eigenvalue weighted by Crippen LogP contribution is -1.83. The van der Waals surface area contributed by atoms with E-state index in [-0.39, 0.29) is 0 Å². The fourth-order valence-electron chi connectivity index (χ4n) is 1.63. The van der Waals surface area contributed by atoms with Gasteiger partial charge < -0.3 is 0 Å². The molecule has 0 saturated heterocycles.